The molecule has 1 amide bonds. The zero-order valence-corrected chi connectivity index (χ0v) is 9.34. The maximum absolute atomic E-state index is 11.2. The Hall–Kier alpha value is -1.50. The number of carbonyl (C=O) groups is 2. The highest BCUT2D eigenvalue weighted by Gasteiger charge is 2.36. The number of methoxy groups -OCH3 is 1. The third-order valence-corrected chi connectivity index (χ3v) is 2.25. The van der Waals surface area contributed by atoms with E-state index in [1.807, 2.05) is 0 Å². The summed E-state index contributed by atoms with van der Waals surface area (Å²) in [5, 5.41) is 0. The summed E-state index contributed by atoms with van der Waals surface area (Å²) in [6.07, 6.45) is -1.79. The van der Waals surface area contributed by atoms with Gasteiger partial charge in [-0.15, -0.1) is 0 Å². The van der Waals surface area contributed by atoms with E-state index in [2.05, 4.69) is 9.47 Å². The first-order valence-corrected chi connectivity index (χ1v) is 5.00. The van der Waals surface area contributed by atoms with E-state index in [9.17, 15) is 9.59 Å². The fourth-order valence-electron chi connectivity index (χ4n) is 1.48. The summed E-state index contributed by atoms with van der Waals surface area (Å²) in [6, 6.07) is -0.413. The van der Waals surface area contributed by atoms with Crippen LogP contribution in [-0.2, 0) is 14.2 Å². The molecule has 1 heterocycles. The lowest BCUT2D eigenvalue weighted by molar-refractivity contribution is 0.0250. The van der Waals surface area contributed by atoms with Crippen LogP contribution in [0.2, 0.25) is 0 Å². The smallest absolute Gasteiger partial charge is 0.453 e. The number of hydrogen-bond donors (Lipinski definition) is 1. The highest BCUT2D eigenvalue weighted by molar-refractivity contribution is 5.68. The van der Waals surface area contributed by atoms with E-state index in [1.165, 1.54) is 12.0 Å². The molecule has 0 spiro atoms. The second-order valence-corrected chi connectivity index (χ2v) is 3.38. The molecule has 0 aromatic heterocycles. The zero-order chi connectivity index (χ0) is 12.1. The SMILES string of the molecule is CCOC(=O)OC1CN(C(=O)OC)CC1N. The van der Waals surface area contributed by atoms with Gasteiger partial charge in [0.05, 0.1) is 26.3 Å². The third kappa shape index (κ3) is 2.99. The molecule has 2 unspecified atom stereocenters. The number of carbonyl (C=O) groups excluding carboxylic acids is 2. The number of nitrogens with zero attached hydrogens (tertiary/aromatic N) is 1. The van der Waals surface area contributed by atoms with Crippen LogP contribution in [0.1, 0.15) is 6.92 Å². The van der Waals surface area contributed by atoms with Crippen molar-refractivity contribution in [2.75, 3.05) is 26.8 Å². The molecule has 2 N–H and O–H groups in total. The van der Waals surface area contributed by atoms with E-state index in [0.29, 0.717) is 6.54 Å². The standard InChI is InChI=1S/C9H16N2O5/c1-3-15-9(13)16-7-5-11(4-6(7)10)8(12)14-2/h6-7H,3-5,10H2,1-2H3. The molecule has 0 aromatic rings. The van der Waals surface area contributed by atoms with Crippen molar-refractivity contribution >= 4 is 12.2 Å². The van der Waals surface area contributed by atoms with Crippen molar-refractivity contribution in [1.82, 2.24) is 4.90 Å². The van der Waals surface area contributed by atoms with Gasteiger partial charge in [0.1, 0.15) is 6.10 Å². The van der Waals surface area contributed by atoms with Crippen LogP contribution in [0.25, 0.3) is 0 Å². The van der Waals surface area contributed by atoms with Crippen LogP contribution in [0.5, 0.6) is 0 Å². The summed E-state index contributed by atoms with van der Waals surface area (Å²) < 4.78 is 14.1. The molecule has 1 saturated heterocycles. The van der Waals surface area contributed by atoms with Crippen LogP contribution in [0.15, 0.2) is 0 Å². The van der Waals surface area contributed by atoms with Crippen LogP contribution in [0.3, 0.4) is 0 Å². The Morgan fingerprint density at radius 1 is 1.44 bits per heavy atom. The molecule has 2 atom stereocenters. The largest absolute Gasteiger partial charge is 0.508 e. The van der Waals surface area contributed by atoms with Gasteiger partial charge < -0.3 is 24.8 Å². The van der Waals surface area contributed by atoms with Crippen molar-refractivity contribution in [2.45, 2.75) is 19.1 Å². The van der Waals surface area contributed by atoms with Crippen LogP contribution in [0.4, 0.5) is 9.59 Å². The molecule has 1 aliphatic heterocycles. The lowest BCUT2D eigenvalue weighted by atomic mass is 10.2. The summed E-state index contributed by atoms with van der Waals surface area (Å²) in [6.45, 7) is 2.45. The van der Waals surface area contributed by atoms with Gasteiger partial charge in [0.15, 0.2) is 0 Å². The summed E-state index contributed by atoms with van der Waals surface area (Å²) in [5.74, 6) is 0. The van der Waals surface area contributed by atoms with Crippen molar-refractivity contribution in [1.29, 1.82) is 0 Å². The molecule has 0 saturated carbocycles. The second-order valence-electron chi connectivity index (χ2n) is 3.38. The molecule has 7 heteroatoms. The molecule has 0 aliphatic carbocycles. The number of amides is 1. The molecule has 0 aromatic carbocycles. The summed E-state index contributed by atoms with van der Waals surface area (Å²) >= 11 is 0. The van der Waals surface area contributed by atoms with Gasteiger partial charge in [0.25, 0.3) is 0 Å². The Bertz CT molecular complexity index is 271. The Morgan fingerprint density at radius 3 is 2.69 bits per heavy atom. The Morgan fingerprint density at radius 2 is 2.12 bits per heavy atom. The predicted octanol–water partition coefficient (Wildman–Crippen LogP) is -0.0626. The molecule has 1 rings (SSSR count). The summed E-state index contributed by atoms with van der Waals surface area (Å²) in [4.78, 5) is 23.6. The zero-order valence-electron chi connectivity index (χ0n) is 9.34. The molecule has 1 fully saturated rings. The minimum absolute atomic E-state index is 0.229. The van der Waals surface area contributed by atoms with E-state index in [-0.39, 0.29) is 13.2 Å². The van der Waals surface area contributed by atoms with Crippen LogP contribution >= 0.6 is 0 Å². The van der Waals surface area contributed by atoms with Crippen LogP contribution in [0, 0.1) is 0 Å². The van der Waals surface area contributed by atoms with Gasteiger partial charge in [-0.05, 0) is 6.92 Å². The maximum Gasteiger partial charge on any atom is 0.508 e. The van der Waals surface area contributed by atoms with Gasteiger partial charge in [-0.2, -0.15) is 0 Å². The molecule has 1 aliphatic rings. The van der Waals surface area contributed by atoms with Gasteiger partial charge in [-0.25, -0.2) is 9.59 Å². The van der Waals surface area contributed by atoms with Gasteiger partial charge >= 0.3 is 12.2 Å². The fourth-order valence-corrected chi connectivity index (χ4v) is 1.48. The van der Waals surface area contributed by atoms with Gasteiger partial charge in [-0.1, -0.05) is 0 Å². The lowest BCUT2D eigenvalue weighted by Crippen LogP contribution is -2.36. The van der Waals surface area contributed by atoms with Gasteiger partial charge in [-0.3, -0.25) is 0 Å². The highest BCUT2D eigenvalue weighted by atomic mass is 16.7. The number of likely N-dealkylation sites (tertiary alicyclic amines) is 1. The van der Waals surface area contributed by atoms with E-state index in [0.717, 1.165) is 0 Å². The summed E-state index contributed by atoms with van der Waals surface area (Å²) in [7, 11) is 1.29. The van der Waals surface area contributed by atoms with Gasteiger partial charge in [0.2, 0.25) is 0 Å². The van der Waals surface area contributed by atoms with E-state index >= 15 is 0 Å². The summed E-state index contributed by atoms with van der Waals surface area (Å²) in [5.41, 5.74) is 5.72. The first kappa shape index (κ1) is 12.6. The van der Waals surface area contributed by atoms with Crippen molar-refractivity contribution < 1.29 is 23.8 Å². The normalized spacial score (nSPS) is 24.1. The van der Waals surface area contributed by atoms with Crippen molar-refractivity contribution in [3.8, 4) is 0 Å². The quantitative estimate of drug-likeness (QED) is 0.670. The number of hydrogen-bond acceptors (Lipinski definition) is 6. The molecular weight excluding hydrogens is 216 g/mol. The maximum atomic E-state index is 11.2. The third-order valence-electron chi connectivity index (χ3n) is 2.25. The number of rotatable bonds is 2. The fraction of sp³-hybridized carbons (Fsp3) is 0.778. The minimum Gasteiger partial charge on any atom is -0.453 e. The van der Waals surface area contributed by atoms with Crippen molar-refractivity contribution in [3.63, 3.8) is 0 Å². The Labute approximate surface area is 93.4 Å². The molecule has 0 radical (unpaired) electrons. The van der Waals surface area contributed by atoms with Gasteiger partial charge in [0, 0.05) is 6.54 Å². The van der Waals surface area contributed by atoms with Crippen molar-refractivity contribution in [3.05, 3.63) is 0 Å². The first-order chi connectivity index (χ1) is 7.58. The second kappa shape index (κ2) is 5.55. The molecule has 92 valence electrons. The van der Waals surface area contributed by atoms with Crippen LogP contribution < -0.4 is 5.73 Å². The molecular formula is C9H16N2O5. The average molecular weight is 232 g/mol. The van der Waals surface area contributed by atoms with Crippen LogP contribution in [-0.4, -0.2) is 56.1 Å². The molecule has 7 nitrogen and oxygen atoms in total. The predicted molar refractivity (Wildman–Crippen MR) is 53.8 cm³/mol. The topological polar surface area (TPSA) is 91.1 Å². The monoisotopic (exact) mass is 232 g/mol. The molecule has 16 heavy (non-hydrogen) atoms. The Balaban J connectivity index is 2.45. The lowest BCUT2D eigenvalue weighted by Gasteiger charge is -2.14. The first-order valence-electron chi connectivity index (χ1n) is 5.00. The number of ether oxygens (including phenoxy) is 3. The van der Waals surface area contributed by atoms with E-state index in [1.54, 1.807) is 6.92 Å². The van der Waals surface area contributed by atoms with E-state index < -0.39 is 24.4 Å². The Kier molecular flexibility index (Phi) is 4.36. The minimum atomic E-state index is -0.769. The highest BCUT2D eigenvalue weighted by Crippen LogP contribution is 2.13. The average Bonchev–Trinajstić information content (AvgIpc) is 2.59. The number of nitrogens with two attached hydrogens (primary N) is 1. The van der Waals surface area contributed by atoms with Crippen molar-refractivity contribution in [2.24, 2.45) is 5.73 Å². The van der Waals surface area contributed by atoms with E-state index in [4.69, 9.17) is 10.5 Å². The molecule has 0 bridgehead atoms.